The van der Waals surface area contributed by atoms with Crippen LogP contribution in [0.25, 0.3) is 11.0 Å². The molecule has 0 fully saturated rings. The highest BCUT2D eigenvalue weighted by Crippen LogP contribution is 2.33. The van der Waals surface area contributed by atoms with Gasteiger partial charge < -0.3 is 14.6 Å². The Morgan fingerprint density at radius 1 is 1.08 bits per heavy atom. The first-order valence-corrected chi connectivity index (χ1v) is 9.92. The highest BCUT2D eigenvalue weighted by Gasteiger charge is 2.22. The van der Waals surface area contributed by atoms with Crippen LogP contribution in [0.1, 0.15) is 40.4 Å². The summed E-state index contributed by atoms with van der Waals surface area (Å²) in [6.45, 7) is 12.8. The Balaban J connectivity index is 1.97. The molecule has 0 aliphatic carbocycles. The second kappa shape index (κ2) is 7.23. The van der Waals surface area contributed by atoms with E-state index in [2.05, 4.69) is 73.8 Å². The van der Waals surface area contributed by atoms with Gasteiger partial charge in [-0.1, -0.05) is 20.8 Å². The van der Waals surface area contributed by atoms with Crippen molar-refractivity contribution in [2.75, 3.05) is 16.6 Å². The molecule has 0 unspecified atom stereocenters. The van der Waals surface area contributed by atoms with E-state index in [1.807, 2.05) is 12.1 Å². The van der Waals surface area contributed by atoms with Crippen molar-refractivity contribution in [2.45, 2.75) is 51.5 Å². The molecule has 0 radical (unpaired) electrons. The van der Waals surface area contributed by atoms with E-state index < -0.39 is 0 Å². The van der Waals surface area contributed by atoms with Crippen LogP contribution >= 0.6 is 11.9 Å². The van der Waals surface area contributed by atoms with E-state index in [-0.39, 0.29) is 5.41 Å². The van der Waals surface area contributed by atoms with Crippen molar-refractivity contribution >= 4 is 34.4 Å². The number of benzene rings is 2. The molecule has 0 saturated heterocycles. The molecule has 138 valence electrons. The summed E-state index contributed by atoms with van der Waals surface area (Å²) in [7, 11) is 0. The van der Waals surface area contributed by atoms with Gasteiger partial charge >= 0.3 is 0 Å². The normalized spacial score (nSPS) is 11.9. The Hall–Kier alpha value is -2.14. The molecular formula is C21H28N4S. The number of aromatic nitrogens is 2. The maximum atomic E-state index is 5.79. The molecule has 26 heavy (non-hydrogen) atoms. The van der Waals surface area contributed by atoms with Crippen molar-refractivity contribution < 1.29 is 0 Å². The first-order valence-electron chi connectivity index (χ1n) is 9.15. The molecule has 2 N–H and O–H groups in total. The third-order valence-electron chi connectivity index (χ3n) is 4.39. The van der Waals surface area contributed by atoms with Gasteiger partial charge in [0.2, 0.25) is 0 Å². The quantitative estimate of drug-likeness (QED) is 0.479. The van der Waals surface area contributed by atoms with Crippen LogP contribution in [0, 0.1) is 0 Å². The van der Waals surface area contributed by atoms with Gasteiger partial charge in [-0.05, 0) is 68.3 Å². The van der Waals surface area contributed by atoms with E-state index in [1.165, 1.54) is 16.1 Å². The monoisotopic (exact) mass is 368 g/mol. The van der Waals surface area contributed by atoms with Crippen molar-refractivity contribution in [1.82, 2.24) is 9.55 Å². The minimum Gasteiger partial charge on any atom is -0.399 e. The molecule has 3 rings (SSSR count). The number of hydrogen-bond donors (Lipinski definition) is 1. The molecule has 0 saturated carbocycles. The van der Waals surface area contributed by atoms with Gasteiger partial charge in [-0.3, -0.25) is 0 Å². The predicted octanol–water partition coefficient (Wildman–Crippen LogP) is 5.47. The van der Waals surface area contributed by atoms with E-state index in [1.54, 1.807) is 11.9 Å². The maximum Gasteiger partial charge on any atom is 0.115 e. The zero-order valence-corrected chi connectivity index (χ0v) is 17.1. The molecule has 0 amide bonds. The van der Waals surface area contributed by atoms with Crippen molar-refractivity contribution in [2.24, 2.45) is 0 Å². The number of nitrogen functional groups attached to an aromatic ring is 1. The second-order valence-corrected chi connectivity index (χ2v) is 8.55. The summed E-state index contributed by atoms with van der Waals surface area (Å²) in [5.41, 5.74) is 10.0. The summed E-state index contributed by atoms with van der Waals surface area (Å²) >= 11 is 1.72. The van der Waals surface area contributed by atoms with Gasteiger partial charge in [0.1, 0.15) is 5.82 Å². The van der Waals surface area contributed by atoms with Gasteiger partial charge in [0.15, 0.2) is 0 Å². The van der Waals surface area contributed by atoms with Gasteiger partial charge in [-0.15, -0.1) is 0 Å². The molecule has 0 aliphatic heterocycles. The van der Waals surface area contributed by atoms with E-state index in [9.17, 15) is 0 Å². The largest absolute Gasteiger partial charge is 0.399 e. The molecule has 0 aliphatic rings. The standard InChI is InChI=1S/C21H28N4S/c1-6-24-19-13-10-16(14-18(19)23-20(24)21(3,4)5)25(7-2)26-17-11-8-15(22)9-12-17/h8-14H,6-7,22H2,1-5H3. The third-order valence-corrected chi connectivity index (χ3v) is 5.56. The number of anilines is 2. The van der Waals surface area contributed by atoms with Crippen LogP contribution in [-0.2, 0) is 12.0 Å². The van der Waals surface area contributed by atoms with Gasteiger partial charge in [0.05, 0.1) is 11.0 Å². The fraction of sp³-hybridized carbons (Fsp3) is 0.381. The van der Waals surface area contributed by atoms with Crippen LogP contribution in [0.2, 0.25) is 0 Å². The first kappa shape index (κ1) is 18.6. The number of nitrogens with zero attached hydrogens (tertiary/aromatic N) is 3. The van der Waals surface area contributed by atoms with Crippen LogP contribution in [0.5, 0.6) is 0 Å². The summed E-state index contributed by atoms with van der Waals surface area (Å²) < 4.78 is 4.61. The topological polar surface area (TPSA) is 47.1 Å². The van der Waals surface area contributed by atoms with E-state index in [0.29, 0.717) is 0 Å². The van der Waals surface area contributed by atoms with Crippen molar-refractivity contribution in [3.63, 3.8) is 0 Å². The zero-order chi connectivity index (χ0) is 18.9. The number of rotatable bonds is 5. The lowest BCUT2D eigenvalue weighted by Crippen LogP contribution is -2.18. The molecule has 0 spiro atoms. The van der Waals surface area contributed by atoms with E-state index >= 15 is 0 Å². The Morgan fingerprint density at radius 2 is 1.77 bits per heavy atom. The highest BCUT2D eigenvalue weighted by molar-refractivity contribution is 8.00. The summed E-state index contributed by atoms with van der Waals surface area (Å²) in [5, 5.41) is 0. The minimum atomic E-state index is 0.0261. The van der Waals surface area contributed by atoms with Crippen molar-refractivity contribution in [3.05, 3.63) is 48.3 Å². The van der Waals surface area contributed by atoms with Gasteiger partial charge in [-0.25, -0.2) is 4.98 Å². The number of nitrogens with two attached hydrogens (primary N) is 1. The number of imidazole rings is 1. The first-order chi connectivity index (χ1) is 12.3. The van der Waals surface area contributed by atoms with Gasteiger partial charge in [0, 0.05) is 34.8 Å². The average molecular weight is 369 g/mol. The smallest absolute Gasteiger partial charge is 0.115 e. The predicted molar refractivity (Wildman–Crippen MR) is 114 cm³/mol. The minimum absolute atomic E-state index is 0.0261. The Bertz CT molecular complexity index is 891. The molecule has 5 heteroatoms. The number of hydrogen-bond acceptors (Lipinski definition) is 4. The molecule has 3 aromatic rings. The Morgan fingerprint density at radius 3 is 2.35 bits per heavy atom. The molecule has 0 bridgehead atoms. The maximum absolute atomic E-state index is 5.79. The van der Waals surface area contributed by atoms with E-state index in [0.717, 1.165) is 30.1 Å². The summed E-state index contributed by atoms with van der Waals surface area (Å²) in [5.74, 6) is 1.14. The summed E-state index contributed by atoms with van der Waals surface area (Å²) in [6, 6.07) is 14.6. The van der Waals surface area contributed by atoms with Gasteiger partial charge in [-0.2, -0.15) is 0 Å². The fourth-order valence-corrected chi connectivity index (χ4v) is 3.98. The summed E-state index contributed by atoms with van der Waals surface area (Å²) in [4.78, 5) is 6.14. The zero-order valence-electron chi connectivity index (χ0n) is 16.3. The lowest BCUT2D eigenvalue weighted by molar-refractivity contribution is 0.512. The Labute approximate surface area is 160 Å². The highest BCUT2D eigenvalue weighted by atomic mass is 32.2. The van der Waals surface area contributed by atoms with Crippen LogP contribution in [0.3, 0.4) is 0 Å². The number of aryl methyl sites for hydroxylation is 1. The lowest BCUT2D eigenvalue weighted by Gasteiger charge is -2.21. The molecule has 2 aromatic carbocycles. The average Bonchev–Trinajstić information content (AvgIpc) is 2.99. The van der Waals surface area contributed by atoms with Crippen LogP contribution < -0.4 is 10.0 Å². The third kappa shape index (κ3) is 3.68. The number of fused-ring (bicyclic) bond motifs is 1. The SMILES string of the molecule is CCN(Sc1ccc(N)cc1)c1ccc2c(c1)nc(C(C)(C)C)n2CC. The van der Waals surface area contributed by atoms with Crippen LogP contribution in [0.15, 0.2) is 47.4 Å². The second-order valence-electron chi connectivity index (χ2n) is 7.46. The van der Waals surface area contributed by atoms with Crippen LogP contribution in [-0.4, -0.2) is 16.1 Å². The van der Waals surface area contributed by atoms with Crippen LogP contribution in [0.4, 0.5) is 11.4 Å². The molecule has 4 nitrogen and oxygen atoms in total. The molecule has 1 aromatic heterocycles. The Kier molecular flexibility index (Phi) is 5.19. The van der Waals surface area contributed by atoms with Crippen molar-refractivity contribution in [3.8, 4) is 0 Å². The van der Waals surface area contributed by atoms with Gasteiger partial charge in [0.25, 0.3) is 0 Å². The fourth-order valence-electron chi connectivity index (χ4n) is 3.12. The van der Waals surface area contributed by atoms with E-state index in [4.69, 9.17) is 10.7 Å². The lowest BCUT2D eigenvalue weighted by atomic mass is 9.96. The summed E-state index contributed by atoms with van der Waals surface area (Å²) in [6.07, 6.45) is 0. The molecule has 0 atom stereocenters. The van der Waals surface area contributed by atoms with Crippen molar-refractivity contribution in [1.29, 1.82) is 0 Å². The molecule has 1 heterocycles. The molecular weight excluding hydrogens is 340 g/mol.